The minimum Gasteiger partial charge on any atom is -0.450 e. The van der Waals surface area contributed by atoms with E-state index in [1.54, 1.807) is 4.90 Å². The number of hydrogen-bond acceptors (Lipinski definition) is 4. The summed E-state index contributed by atoms with van der Waals surface area (Å²) in [7, 11) is 0. The van der Waals surface area contributed by atoms with Gasteiger partial charge >= 0.3 is 6.09 Å². The van der Waals surface area contributed by atoms with Crippen molar-refractivity contribution >= 4 is 6.09 Å². The van der Waals surface area contributed by atoms with E-state index in [0.717, 1.165) is 38.0 Å². The Bertz CT molecular complexity index is 438. The zero-order valence-electron chi connectivity index (χ0n) is 12.3. The van der Waals surface area contributed by atoms with Gasteiger partial charge in [-0.15, -0.1) is 0 Å². The van der Waals surface area contributed by atoms with Crippen LogP contribution in [0.4, 0.5) is 4.79 Å². The van der Waals surface area contributed by atoms with Crippen molar-refractivity contribution in [3.8, 4) is 0 Å². The molecule has 20 heavy (non-hydrogen) atoms. The summed E-state index contributed by atoms with van der Waals surface area (Å²) in [5, 5.41) is 0. The molecule has 2 N–H and O–H groups in total. The highest BCUT2D eigenvalue weighted by atomic mass is 16.6. The predicted octanol–water partition coefficient (Wildman–Crippen LogP) is 2.09. The molecule has 0 radical (unpaired) electrons. The molecule has 112 valence electrons. The van der Waals surface area contributed by atoms with Crippen molar-refractivity contribution in [2.45, 2.75) is 45.2 Å². The molecule has 0 spiro atoms. The normalized spacial score (nSPS) is 18.1. The minimum atomic E-state index is -0.206. The van der Waals surface area contributed by atoms with Gasteiger partial charge in [0.1, 0.15) is 0 Å². The average molecular weight is 280 g/mol. The van der Waals surface area contributed by atoms with Gasteiger partial charge in [0.25, 0.3) is 0 Å². The first-order valence-electron chi connectivity index (χ1n) is 7.36. The fourth-order valence-electron chi connectivity index (χ4n) is 2.66. The van der Waals surface area contributed by atoms with Crippen molar-refractivity contribution in [3.63, 3.8) is 0 Å². The number of imidazole rings is 1. The zero-order chi connectivity index (χ0) is 14.5. The van der Waals surface area contributed by atoms with E-state index in [-0.39, 0.29) is 12.1 Å². The molecule has 0 saturated carbocycles. The molecule has 1 aromatic rings. The van der Waals surface area contributed by atoms with Crippen molar-refractivity contribution in [3.05, 3.63) is 18.2 Å². The lowest BCUT2D eigenvalue weighted by atomic mass is 10.0. The largest absolute Gasteiger partial charge is 0.450 e. The molecule has 1 saturated heterocycles. The number of nitrogens with two attached hydrogens (primary N) is 1. The third-order valence-corrected chi connectivity index (χ3v) is 3.90. The Morgan fingerprint density at radius 1 is 1.50 bits per heavy atom. The van der Waals surface area contributed by atoms with Crippen molar-refractivity contribution in [2.24, 2.45) is 5.73 Å². The highest BCUT2D eigenvalue weighted by molar-refractivity contribution is 5.67. The number of ether oxygens (including phenoxy) is 1. The molecular weight excluding hydrogens is 256 g/mol. The SMILES string of the molecule is CCOC(=O)N1CCC(n2cncc2[C@H](N)CC)CC1. The highest BCUT2D eigenvalue weighted by Crippen LogP contribution is 2.26. The van der Waals surface area contributed by atoms with Crippen LogP contribution >= 0.6 is 0 Å². The summed E-state index contributed by atoms with van der Waals surface area (Å²) in [5.41, 5.74) is 7.20. The third kappa shape index (κ3) is 3.12. The van der Waals surface area contributed by atoms with Gasteiger partial charge in [0.05, 0.1) is 18.6 Å². The molecule has 6 nitrogen and oxygen atoms in total. The van der Waals surface area contributed by atoms with Crippen LogP contribution in [-0.4, -0.2) is 40.2 Å². The van der Waals surface area contributed by atoms with Gasteiger partial charge in [-0.25, -0.2) is 9.78 Å². The van der Waals surface area contributed by atoms with E-state index < -0.39 is 0 Å². The summed E-state index contributed by atoms with van der Waals surface area (Å²) in [4.78, 5) is 17.7. The quantitative estimate of drug-likeness (QED) is 0.916. The molecule has 1 atom stereocenters. The number of likely N-dealkylation sites (tertiary alicyclic amines) is 1. The number of nitrogens with zero attached hydrogens (tertiary/aromatic N) is 3. The molecule has 0 aliphatic carbocycles. The molecule has 1 aliphatic heterocycles. The van der Waals surface area contributed by atoms with Crippen LogP contribution in [0.3, 0.4) is 0 Å². The van der Waals surface area contributed by atoms with Crippen molar-refractivity contribution in [2.75, 3.05) is 19.7 Å². The second-order valence-electron chi connectivity index (χ2n) is 5.16. The fourth-order valence-corrected chi connectivity index (χ4v) is 2.66. The van der Waals surface area contributed by atoms with Crippen molar-refractivity contribution in [1.82, 2.24) is 14.5 Å². The number of hydrogen-bond donors (Lipinski definition) is 1. The summed E-state index contributed by atoms with van der Waals surface area (Å²) in [6.45, 7) is 5.78. The molecule has 0 unspecified atom stereocenters. The lowest BCUT2D eigenvalue weighted by molar-refractivity contribution is 0.0923. The monoisotopic (exact) mass is 280 g/mol. The smallest absolute Gasteiger partial charge is 0.409 e. The van der Waals surface area contributed by atoms with Crippen LogP contribution in [0.5, 0.6) is 0 Å². The van der Waals surface area contributed by atoms with Crippen LogP contribution in [0.25, 0.3) is 0 Å². The Balaban J connectivity index is 1.97. The minimum absolute atomic E-state index is 0.0283. The zero-order valence-corrected chi connectivity index (χ0v) is 12.3. The van der Waals surface area contributed by atoms with Crippen LogP contribution in [0.15, 0.2) is 12.5 Å². The first kappa shape index (κ1) is 14.8. The van der Waals surface area contributed by atoms with Gasteiger partial charge in [-0.05, 0) is 26.2 Å². The van der Waals surface area contributed by atoms with Gasteiger partial charge in [0, 0.05) is 31.4 Å². The van der Waals surface area contributed by atoms with Crippen LogP contribution in [0, 0.1) is 0 Å². The number of rotatable bonds is 4. The van der Waals surface area contributed by atoms with Gasteiger partial charge in [-0.1, -0.05) is 6.92 Å². The van der Waals surface area contributed by atoms with E-state index in [0.29, 0.717) is 12.6 Å². The van der Waals surface area contributed by atoms with Crippen LogP contribution < -0.4 is 5.73 Å². The molecule has 2 heterocycles. The first-order valence-corrected chi connectivity index (χ1v) is 7.36. The number of aromatic nitrogens is 2. The van der Waals surface area contributed by atoms with E-state index in [1.807, 2.05) is 19.4 Å². The van der Waals surface area contributed by atoms with Gasteiger partial charge in [0.15, 0.2) is 0 Å². The number of piperidine rings is 1. The molecule has 1 amide bonds. The molecule has 1 fully saturated rings. The topological polar surface area (TPSA) is 73.4 Å². The summed E-state index contributed by atoms with van der Waals surface area (Å²) in [6.07, 6.45) is 6.23. The van der Waals surface area contributed by atoms with Crippen LogP contribution in [0.2, 0.25) is 0 Å². The molecule has 0 aromatic carbocycles. The maximum atomic E-state index is 11.7. The lowest BCUT2D eigenvalue weighted by Crippen LogP contribution is -2.39. The summed E-state index contributed by atoms with van der Waals surface area (Å²) >= 11 is 0. The lowest BCUT2D eigenvalue weighted by Gasteiger charge is -2.33. The van der Waals surface area contributed by atoms with Crippen molar-refractivity contribution < 1.29 is 9.53 Å². The molecule has 2 rings (SSSR count). The maximum absolute atomic E-state index is 11.7. The Morgan fingerprint density at radius 2 is 2.20 bits per heavy atom. The van der Waals surface area contributed by atoms with Gasteiger partial charge < -0.3 is 19.9 Å². The number of amides is 1. The Kier molecular flexibility index (Phi) is 5.00. The van der Waals surface area contributed by atoms with E-state index in [4.69, 9.17) is 10.5 Å². The highest BCUT2D eigenvalue weighted by Gasteiger charge is 2.26. The molecule has 6 heteroatoms. The van der Waals surface area contributed by atoms with Crippen LogP contribution in [-0.2, 0) is 4.74 Å². The summed E-state index contributed by atoms with van der Waals surface area (Å²) in [5.74, 6) is 0. The standard InChI is InChI=1S/C14H24N4O2/c1-3-12(15)13-9-16-10-18(13)11-5-7-17(8-6-11)14(19)20-4-2/h9-12H,3-8,15H2,1-2H3/t12-/m1/s1. The fraction of sp³-hybridized carbons (Fsp3) is 0.714. The van der Waals surface area contributed by atoms with E-state index in [2.05, 4.69) is 16.5 Å². The van der Waals surface area contributed by atoms with Crippen LogP contribution in [0.1, 0.15) is 50.9 Å². The third-order valence-electron chi connectivity index (χ3n) is 3.90. The molecular formula is C14H24N4O2. The molecule has 0 bridgehead atoms. The van der Waals surface area contributed by atoms with Crippen molar-refractivity contribution in [1.29, 1.82) is 0 Å². The summed E-state index contributed by atoms with van der Waals surface area (Å²) < 4.78 is 7.21. The Morgan fingerprint density at radius 3 is 2.80 bits per heavy atom. The van der Waals surface area contributed by atoms with Gasteiger partial charge in [-0.3, -0.25) is 0 Å². The van der Waals surface area contributed by atoms with Gasteiger partial charge in [0.2, 0.25) is 0 Å². The second kappa shape index (κ2) is 6.74. The maximum Gasteiger partial charge on any atom is 0.409 e. The Labute approximate surface area is 119 Å². The molecule has 1 aliphatic rings. The number of carbonyl (C=O) groups is 1. The molecule has 1 aromatic heterocycles. The number of carbonyl (C=O) groups excluding carboxylic acids is 1. The summed E-state index contributed by atoms with van der Waals surface area (Å²) in [6, 6.07) is 0.399. The average Bonchev–Trinajstić information content (AvgIpc) is 2.96. The van der Waals surface area contributed by atoms with E-state index in [9.17, 15) is 4.79 Å². The van der Waals surface area contributed by atoms with E-state index >= 15 is 0 Å². The second-order valence-corrected chi connectivity index (χ2v) is 5.16. The van der Waals surface area contributed by atoms with Gasteiger partial charge in [-0.2, -0.15) is 0 Å². The first-order chi connectivity index (χ1) is 9.67. The Hall–Kier alpha value is -1.56. The van der Waals surface area contributed by atoms with E-state index in [1.165, 1.54) is 0 Å². The predicted molar refractivity (Wildman–Crippen MR) is 76.3 cm³/mol.